The molecular formula is C16H13ClF6N4O3. The van der Waals surface area contributed by atoms with Crippen LogP contribution in [0.5, 0.6) is 0 Å². The first-order valence-corrected chi connectivity index (χ1v) is 8.21. The van der Waals surface area contributed by atoms with E-state index in [9.17, 15) is 40.7 Å². The van der Waals surface area contributed by atoms with E-state index in [0.29, 0.717) is 7.05 Å². The molecule has 0 bridgehead atoms. The van der Waals surface area contributed by atoms with Crippen molar-refractivity contribution >= 4 is 23.3 Å². The van der Waals surface area contributed by atoms with E-state index in [-0.39, 0.29) is 14.2 Å². The number of halogens is 7. The van der Waals surface area contributed by atoms with Crippen molar-refractivity contribution < 1.29 is 31.1 Å². The van der Waals surface area contributed by atoms with E-state index in [2.05, 4.69) is 0 Å². The minimum atomic E-state index is -6.27. The molecule has 1 aromatic carbocycles. The van der Waals surface area contributed by atoms with Crippen LogP contribution in [0.2, 0.25) is 5.02 Å². The Morgan fingerprint density at radius 1 is 0.967 bits per heavy atom. The normalized spacial score (nSPS) is 12.7. The van der Waals surface area contributed by atoms with Crippen LogP contribution in [0.1, 0.15) is 15.9 Å². The summed E-state index contributed by atoms with van der Waals surface area (Å²) in [6.45, 7) is 0. The van der Waals surface area contributed by atoms with E-state index < -0.39 is 52.0 Å². The number of carbonyl (C=O) groups is 1. The molecule has 0 saturated heterocycles. The maximum atomic E-state index is 14.0. The maximum Gasteiger partial charge on any atom is 0.425 e. The molecular weight excluding hydrogens is 446 g/mol. The number of nitrogens with two attached hydrogens (primary N) is 1. The van der Waals surface area contributed by atoms with Gasteiger partial charge >= 0.3 is 18.0 Å². The van der Waals surface area contributed by atoms with Gasteiger partial charge < -0.3 is 11.1 Å². The van der Waals surface area contributed by atoms with Gasteiger partial charge in [0.05, 0.1) is 0 Å². The van der Waals surface area contributed by atoms with E-state index in [1.54, 1.807) is 0 Å². The summed E-state index contributed by atoms with van der Waals surface area (Å²) < 4.78 is 84.1. The molecule has 0 fully saturated rings. The summed E-state index contributed by atoms with van der Waals surface area (Å²) in [6.07, 6.45) is -12.5. The number of rotatable bonds is 3. The Hall–Kier alpha value is -2.96. The quantitative estimate of drug-likeness (QED) is 0.688. The lowest BCUT2D eigenvalue weighted by atomic mass is 9.88. The molecule has 0 atom stereocenters. The Bertz CT molecular complexity index is 1090. The summed E-state index contributed by atoms with van der Waals surface area (Å²) in [5.41, 5.74) is -5.75. The summed E-state index contributed by atoms with van der Waals surface area (Å²) in [6, 6.07) is 3.91. The van der Waals surface area contributed by atoms with Crippen molar-refractivity contribution in [2.24, 2.45) is 14.1 Å². The first-order valence-electron chi connectivity index (χ1n) is 7.83. The monoisotopic (exact) mass is 458 g/mol. The van der Waals surface area contributed by atoms with Crippen molar-refractivity contribution in [2.75, 3.05) is 5.73 Å². The van der Waals surface area contributed by atoms with Crippen LogP contribution in [0.25, 0.3) is 0 Å². The van der Waals surface area contributed by atoms with Gasteiger partial charge in [0.15, 0.2) is 0 Å². The molecule has 0 saturated carbocycles. The third kappa shape index (κ3) is 3.53. The smallest absolute Gasteiger partial charge is 0.385 e. The van der Waals surface area contributed by atoms with Gasteiger partial charge in [0, 0.05) is 24.7 Å². The zero-order chi connectivity index (χ0) is 23.2. The van der Waals surface area contributed by atoms with Crippen molar-refractivity contribution in [1.29, 1.82) is 0 Å². The number of hydrogen-bond donors (Lipinski definition) is 2. The molecule has 0 radical (unpaired) electrons. The largest absolute Gasteiger partial charge is 0.425 e. The molecule has 3 N–H and O–H groups in total. The van der Waals surface area contributed by atoms with Gasteiger partial charge in [-0.1, -0.05) is 11.6 Å². The van der Waals surface area contributed by atoms with Crippen molar-refractivity contribution in [3.8, 4) is 0 Å². The van der Waals surface area contributed by atoms with Crippen LogP contribution in [0.15, 0.2) is 33.9 Å². The number of anilines is 1. The number of amides is 1. The fourth-order valence-corrected chi connectivity index (χ4v) is 2.83. The molecule has 7 nitrogen and oxygen atoms in total. The maximum absolute atomic E-state index is 14.0. The highest BCUT2D eigenvalue weighted by molar-refractivity contribution is 6.30. The Balaban J connectivity index is 2.93. The number of carbonyl (C=O) groups excluding carboxylic acids is 1. The third-order valence-electron chi connectivity index (χ3n) is 4.34. The minimum Gasteiger partial charge on any atom is -0.385 e. The average Bonchev–Trinajstić information content (AvgIpc) is 2.62. The van der Waals surface area contributed by atoms with Gasteiger partial charge in [0.2, 0.25) is 0 Å². The Labute approximate surface area is 168 Å². The highest BCUT2D eigenvalue weighted by atomic mass is 35.5. The van der Waals surface area contributed by atoms with Crippen LogP contribution in [0, 0.1) is 0 Å². The summed E-state index contributed by atoms with van der Waals surface area (Å²) in [5.74, 6) is -3.22. The number of benzene rings is 1. The molecule has 2 rings (SSSR count). The molecule has 0 spiro atoms. The zero-order valence-corrected chi connectivity index (χ0v) is 15.9. The first-order chi connectivity index (χ1) is 13.6. The van der Waals surface area contributed by atoms with Crippen molar-refractivity contribution in [3.05, 3.63) is 61.3 Å². The summed E-state index contributed by atoms with van der Waals surface area (Å²) >= 11 is 5.60. The Morgan fingerprint density at radius 2 is 1.43 bits per heavy atom. The van der Waals surface area contributed by atoms with E-state index >= 15 is 0 Å². The van der Waals surface area contributed by atoms with E-state index in [4.69, 9.17) is 17.3 Å². The average molecular weight is 459 g/mol. The number of nitrogens with zero attached hydrogens (tertiary/aromatic N) is 2. The molecule has 2 aromatic rings. The van der Waals surface area contributed by atoms with Crippen molar-refractivity contribution in [1.82, 2.24) is 14.5 Å². The fourth-order valence-electron chi connectivity index (χ4n) is 2.70. The number of hydrogen-bond acceptors (Lipinski definition) is 4. The van der Waals surface area contributed by atoms with Crippen molar-refractivity contribution in [2.45, 2.75) is 17.9 Å². The topological polar surface area (TPSA) is 99.1 Å². The van der Waals surface area contributed by atoms with Crippen LogP contribution in [0.4, 0.5) is 32.2 Å². The van der Waals surface area contributed by atoms with Crippen LogP contribution in [-0.2, 0) is 19.6 Å². The number of nitrogen functional groups attached to an aromatic ring is 1. The molecule has 164 valence electrons. The lowest BCUT2D eigenvalue weighted by Crippen LogP contribution is -2.67. The van der Waals surface area contributed by atoms with E-state index in [1.165, 1.54) is 0 Å². The number of alkyl halides is 6. The Morgan fingerprint density at radius 3 is 1.87 bits per heavy atom. The summed E-state index contributed by atoms with van der Waals surface area (Å²) in [4.78, 5) is 36.5. The Kier molecular flexibility index (Phi) is 5.74. The predicted octanol–water partition coefficient (Wildman–Crippen LogP) is 2.07. The second kappa shape index (κ2) is 7.38. The highest BCUT2D eigenvalue weighted by Gasteiger charge is 2.75. The van der Waals surface area contributed by atoms with Gasteiger partial charge in [-0.2, -0.15) is 26.3 Å². The van der Waals surface area contributed by atoms with E-state index in [0.717, 1.165) is 36.6 Å². The molecule has 1 amide bonds. The molecule has 0 aliphatic heterocycles. The fraction of sp³-hybridized carbons (Fsp3) is 0.312. The first kappa shape index (κ1) is 23.3. The van der Waals surface area contributed by atoms with E-state index in [1.807, 2.05) is 0 Å². The van der Waals surface area contributed by atoms with Crippen LogP contribution in [-0.4, -0.2) is 27.4 Å². The molecule has 0 aliphatic rings. The van der Waals surface area contributed by atoms with Gasteiger partial charge in [-0.05, 0) is 24.3 Å². The van der Waals surface area contributed by atoms with Crippen LogP contribution in [0.3, 0.4) is 0 Å². The lowest BCUT2D eigenvalue weighted by Gasteiger charge is -2.38. The molecule has 0 aliphatic carbocycles. The predicted molar refractivity (Wildman–Crippen MR) is 94.0 cm³/mol. The standard InChI is InChI=1S/C16H13ClF6N4O3/c1-26-10(24)9(12(29)27(2)13(26)30)14(15(18,19)20,16(21,22)23)25-11(28)7-3-5-8(17)6-4-7/h3-6H,24H2,1-2H3,(H,25,28). The molecule has 14 heteroatoms. The molecule has 1 heterocycles. The van der Waals surface area contributed by atoms with Crippen molar-refractivity contribution in [3.63, 3.8) is 0 Å². The lowest BCUT2D eigenvalue weighted by molar-refractivity contribution is -0.310. The summed E-state index contributed by atoms with van der Waals surface area (Å²) in [7, 11) is 1.45. The second-order valence-electron chi connectivity index (χ2n) is 6.17. The number of aromatic nitrogens is 2. The molecule has 30 heavy (non-hydrogen) atoms. The zero-order valence-electron chi connectivity index (χ0n) is 15.2. The summed E-state index contributed by atoms with van der Waals surface area (Å²) in [5, 5.41) is 0.947. The van der Waals surface area contributed by atoms with Gasteiger partial charge in [0.1, 0.15) is 11.4 Å². The SMILES string of the molecule is Cn1c(N)c(C(NC(=O)c2ccc(Cl)cc2)(C(F)(F)F)C(F)(F)F)c(=O)n(C)c1=O. The highest BCUT2D eigenvalue weighted by Crippen LogP contribution is 2.50. The van der Waals surface area contributed by atoms with Crippen LogP contribution >= 0.6 is 11.6 Å². The van der Waals surface area contributed by atoms with Gasteiger partial charge in [0.25, 0.3) is 17.0 Å². The van der Waals surface area contributed by atoms with Gasteiger partial charge in [-0.25, -0.2) is 4.79 Å². The minimum absolute atomic E-state index is 0.0202. The van der Waals surface area contributed by atoms with Gasteiger partial charge in [-0.15, -0.1) is 0 Å². The second-order valence-corrected chi connectivity index (χ2v) is 6.61. The molecule has 1 aromatic heterocycles. The third-order valence-corrected chi connectivity index (χ3v) is 4.59. The van der Waals surface area contributed by atoms with Crippen LogP contribution < -0.4 is 22.3 Å². The number of nitrogens with one attached hydrogen (secondary N) is 1. The molecule has 0 unspecified atom stereocenters. The van der Waals surface area contributed by atoms with Gasteiger partial charge in [-0.3, -0.25) is 18.7 Å².